The molecule has 100 valence electrons. The Bertz CT molecular complexity index is 430. The van der Waals surface area contributed by atoms with Gasteiger partial charge in [-0.2, -0.15) is 0 Å². The fraction of sp³-hybridized carbons (Fsp3) is 0.500. The van der Waals surface area contributed by atoms with Crippen molar-refractivity contribution >= 4 is 29.1 Å². The van der Waals surface area contributed by atoms with Crippen LogP contribution < -0.4 is 5.32 Å². The van der Waals surface area contributed by atoms with Crippen LogP contribution in [0.25, 0.3) is 0 Å². The Morgan fingerprint density at radius 3 is 2.67 bits per heavy atom. The fourth-order valence-corrected chi connectivity index (χ4v) is 2.31. The van der Waals surface area contributed by atoms with E-state index in [4.69, 9.17) is 23.2 Å². The van der Waals surface area contributed by atoms with Gasteiger partial charge < -0.3 is 5.32 Å². The second-order valence-corrected chi connectivity index (χ2v) is 5.98. The lowest BCUT2D eigenvalue weighted by atomic mass is 9.90. The van der Waals surface area contributed by atoms with Crippen molar-refractivity contribution in [1.82, 2.24) is 5.32 Å². The second-order valence-electron chi connectivity index (χ2n) is 5.22. The molecule has 0 aliphatic heterocycles. The minimum absolute atomic E-state index is 0.00624. The molecule has 0 bridgehead atoms. The van der Waals surface area contributed by atoms with Gasteiger partial charge in [0, 0.05) is 12.4 Å². The monoisotopic (exact) mass is 287 g/mol. The summed E-state index contributed by atoms with van der Waals surface area (Å²) in [6, 6.07) is 5.45. The van der Waals surface area contributed by atoms with Crippen LogP contribution in [0.5, 0.6) is 0 Å². The van der Waals surface area contributed by atoms with E-state index in [1.165, 1.54) is 0 Å². The highest BCUT2D eigenvalue weighted by atomic mass is 35.5. The van der Waals surface area contributed by atoms with Crippen LogP contribution in [0.15, 0.2) is 18.2 Å². The number of hydrogen-bond acceptors (Lipinski definition) is 1. The van der Waals surface area contributed by atoms with Gasteiger partial charge in [-0.25, -0.2) is 0 Å². The predicted molar refractivity (Wildman–Crippen MR) is 77.6 cm³/mol. The lowest BCUT2D eigenvalue weighted by Crippen LogP contribution is -2.34. The van der Waals surface area contributed by atoms with E-state index in [2.05, 4.69) is 19.2 Å². The standard InChI is InChI=1S/C14H19Cl2NO/c1-10-5-4-6-11(12(10)16)13(18)17-9-14(2,3)7-8-15/h4-6H,7-9H2,1-3H3,(H,17,18). The van der Waals surface area contributed by atoms with Crippen LogP contribution in [0.2, 0.25) is 5.02 Å². The maximum absolute atomic E-state index is 12.0. The smallest absolute Gasteiger partial charge is 0.252 e. The molecule has 0 saturated heterocycles. The third-order valence-electron chi connectivity index (χ3n) is 2.94. The van der Waals surface area contributed by atoms with Crippen molar-refractivity contribution < 1.29 is 4.79 Å². The minimum atomic E-state index is -0.133. The summed E-state index contributed by atoms with van der Waals surface area (Å²) in [6.07, 6.45) is 0.858. The first-order valence-corrected chi connectivity index (χ1v) is 6.88. The summed E-state index contributed by atoms with van der Waals surface area (Å²) in [4.78, 5) is 12.0. The molecule has 0 spiro atoms. The second kappa shape index (κ2) is 6.44. The summed E-state index contributed by atoms with van der Waals surface area (Å²) >= 11 is 11.8. The Morgan fingerprint density at radius 2 is 2.06 bits per heavy atom. The van der Waals surface area contributed by atoms with Crippen molar-refractivity contribution in [2.24, 2.45) is 5.41 Å². The molecule has 4 heteroatoms. The van der Waals surface area contributed by atoms with E-state index < -0.39 is 0 Å². The molecule has 1 aromatic carbocycles. The number of carbonyl (C=O) groups is 1. The molecule has 0 unspecified atom stereocenters. The van der Waals surface area contributed by atoms with Gasteiger partial charge in [0.05, 0.1) is 10.6 Å². The van der Waals surface area contributed by atoms with E-state index in [0.29, 0.717) is 23.0 Å². The molecule has 0 saturated carbocycles. The minimum Gasteiger partial charge on any atom is -0.351 e. The highest BCUT2D eigenvalue weighted by molar-refractivity contribution is 6.34. The van der Waals surface area contributed by atoms with Gasteiger partial charge in [0.15, 0.2) is 0 Å². The van der Waals surface area contributed by atoms with Gasteiger partial charge in [-0.05, 0) is 30.4 Å². The third kappa shape index (κ3) is 4.18. The number of amides is 1. The van der Waals surface area contributed by atoms with Crippen LogP contribution in [0, 0.1) is 12.3 Å². The van der Waals surface area contributed by atoms with E-state index in [1.807, 2.05) is 19.1 Å². The lowest BCUT2D eigenvalue weighted by molar-refractivity contribution is 0.0936. The molecule has 1 aromatic rings. The fourth-order valence-electron chi connectivity index (χ4n) is 1.58. The lowest BCUT2D eigenvalue weighted by Gasteiger charge is -2.24. The van der Waals surface area contributed by atoms with Crippen molar-refractivity contribution in [3.63, 3.8) is 0 Å². The van der Waals surface area contributed by atoms with Gasteiger partial charge >= 0.3 is 0 Å². The number of hydrogen-bond donors (Lipinski definition) is 1. The van der Waals surface area contributed by atoms with Gasteiger partial charge in [0.1, 0.15) is 0 Å². The summed E-state index contributed by atoms with van der Waals surface area (Å²) in [5.41, 5.74) is 1.43. The van der Waals surface area contributed by atoms with E-state index in [9.17, 15) is 4.79 Å². The molecule has 0 atom stereocenters. The predicted octanol–water partition coefficient (Wildman–Crippen LogP) is 4.03. The topological polar surface area (TPSA) is 29.1 Å². The van der Waals surface area contributed by atoms with E-state index in [0.717, 1.165) is 12.0 Å². The van der Waals surface area contributed by atoms with Crippen LogP contribution in [0.4, 0.5) is 0 Å². The van der Waals surface area contributed by atoms with Gasteiger partial charge in [0.2, 0.25) is 0 Å². The zero-order chi connectivity index (χ0) is 13.8. The normalized spacial score (nSPS) is 11.4. The van der Waals surface area contributed by atoms with E-state index in [-0.39, 0.29) is 11.3 Å². The van der Waals surface area contributed by atoms with E-state index in [1.54, 1.807) is 6.07 Å². The molecule has 18 heavy (non-hydrogen) atoms. The molecule has 0 radical (unpaired) electrons. The molecular formula is C14H19Cl2NO. The number of nitrogens with one attached hydrogen (secondary N) is 1. The molecule has 2 nitrogen and oxygen atoms in total. The van der Waals surface area contributed by atoms with Gasteiger partial charge in [-0.1, -0.05) is 37.6 Å². The van der Waals surface area contributed by atoms with Crippen LogP contribution in [0.3, 0.4) is 0 Å². The number of alkyl halides is 1. The van der Waals surface area contributed by atoms with Crippen molar-refractivity contribution in [2.75, 3.05) is 12.4 Å². The van der Waals surface area contributed by atoms with Gasteiger partial charge in [-0.15, -0.1) is 11.6 Å². The first-order chi connectivity index (χ1) is 8.37. The van der Waals surface area contributed by atoms with Crippen molar-refractivity contribution in [1.29, 1.82) is 0 Å². The summed E-state index contributed by atoms with van der Waals surface area (Å²) in [5, 5.41) is 3.43. The van der Waals surface area contributed by atoms with E-state index >= 15 is 0 Å². The first kappa shape index (κ1) is 15.3. The maximum Gasteiger partial charge on any atom is 0.252 e. The molecular weight excluding hydrogens is 269 g/mol. The van der Waals surface area contributed by atoms with Crippen LogP contribution in [-0.4, -0.2) is 18.3 Å². The zero-order valence-corrected chi connectivity index (χ0v) is 12.5. The van der Waals surface area contributed by atoms with Crippen molar-refractivity contribution in [2.45, 2.75) is 27.2 Å². The summed E-state index contributed by atoms with van der Waals surface area (Å²) < 4.78 is 0. The Hall–Kier alpha value is -0.730. The molecule has 0 aliphatic rings. The van der Waals surface area contributed by atoms with Gasteiger partial charge in [-0.3, -0.25) is 4.79 Å². The Balaban J connectivity index is 2.69. The number of benzene rings is 1. The average molecular weight is 288 g/mol. The number of rotatable bonds is 5. The molecule has 0 heterocycles. The molecule has 0 aromatic heterocycles. The largest absolute Gasteiger partial charge is 0.351 e. The average Bonchev–Trinajstić information content (AvgIpc) is 2.30. The van der Waals surface area contributed by atoms with Crippen molar-refractivity contribution in [3.05, 3.63) is 34.3 Å². The highest BCUT2D eigenvalue weighted by Crippen LogP contribution is 2.22. The summed E-state index contributed by atoms with van der Waals surface area (Å²) in [6.45, 7) is 6.63. The van der Waals surface area contributed by atoms with Crippen LogP contribution >= 0.6 is 23.2 Å². The maximum atomic E-state index is 12.0. The molecule has 0 aliphatic carbocycles. The number of carbonyl (C=O) groups excluding carboxylic acids is 1. The number of halogens is 2. The number of aryl methyl sites for hydroxylation is 1. The Kier molecular flexibility index (Phi) is 5.48. The van der Waals surface area contributed by atoms with Crippen LogP contribution in [-0.2, 0) is 0 Å². The summed E-state index contributed by atoms with van der Waals surface area (Å²) in [5.74, 6) is 0.458. The van der Waals surface area contributed by atoms with Crippen LogP contribution in [0.1, 0.15) is 36.2 Å². The quantitative estimate of drug-likeness (QED) is 0.814. The molecule has 1 amide bonds. The SMILES string of the molecule is Cc1cccc(C(=O)NCC(C)(C)CCCl)c1Cl. The Labute approximate surface area is 119 Å². The Morgan fingerprint density at radius 1 is 1.39 bits per heavy atom. The third-order valence-corrected chi connectivity index (χ3v) is 3.63. The summed E-state index contributed by atoms with van der Waals surface area (Å²) in [7, 11) is 0. The molecule has 0 fully saturated rings. The molecule has 1 rings (SSSR count). The first-order valence-electron chi connectivity index (χ1n) is 5.97. The van der Waals surface area contributed by atoms with Gasteiger partial charge in [0.25, 0.3) is 5.91 Å². The highest BCUT2D eigenvalue weighted by Gasteiger charge is 2.19. The van der Waals surface area contributed by atoms with Crippen molar-refractivity contribution in [3.8, 4) is 0 Å². The zero-order valence-electron chi connectivity index (χ0n) is 11.0. The molecule has 1 N–H and O–H groups in total.